The molecule has 1 aromatic heterocycles. The third-order valence-electron chi connectivity index (χ3n) is 7.29. The van der Waals surface area contributed by atoms with Crippen LogP contribution in [0, 0.1) is 0 Å². The molecule has 2 fully saturated rings. The number of hydrogen-bond donors (Lipinski definition) is 4. The van der Waals surface area contributed by atoms with E-state index >= 15 is 0 Å². The lowest BCUT2D eigenvalue weighted by atomic mass is 10.1. The smallest absolute Gasteiger partial charge is 0.387 e. The Balaban J connectivity index is 1.48. The highest BCUT2D eigenvalue weighted by atomic mass is 32.3. The van der Waals surface area contributed by atoms with Crippen molar-refractivity contribution < 1.29 is 40.9 Å². The van der Waals surface area contributed by atoms with E-state index in [0.29, 0.717) is 61.2 Å². The molecule has 5 rings (SSSR count). The first kappa shape index (κ1) is 30.8. The number of urea groups is 1. The Morgan fingerprint density at radius 1 is 1.12 bits per heavy atom. The number of amides is 2. The fourth-order valence-corrected chi connectivity index (χ4v) is 6.93. The maximum atomic E-state index is 12.6. The van der Waals surface area contributed by atoms with Crippen LogP contribution in [0.5, 0.6) is 5.75 Å². The SMILES string of the molecule is C[C@H]1COCCN1c1cc(C2(S(O)(O)c3ccc(OC(F)F)cc3)CC2)nc(-c2ccc(NC(=O)NCC(F)F)cc2)n1. The first-order valence-corrected chi connectivity index (χ1v) is 15.0. The number of carbonyl (C=O) groups excluding carboxylic acids is 1. The van der Waals surface area contributed by atoms with Gasteiger partial charge in [0.05, 0.1) is 36.4 Å². The fraction of sp³-hybridized carbons (Fsp3) is 0.393. The number of morpholine rings is 1. The Morgan fingerprint density at radius 2 is 1.81 bits per heavy atom. The molecule has 0 bridgehead atoms. The van der Waals surface area contributed by atoms with Crippen LogP contribution < -0.4 is 20.3 Å². The summed E-state index contributed by atoms with van der Waals surface area (Å²) in [4.78, 5) is 23.7. The van der Waals surface area contributed by atoms with Gasteiger partial charge in [0.25, 0.3) is 6.43 Å². The van der Waals surface area contributed by atoms with E-state index in [4.69, 9.17) is 14.7 Å². The second-order valence-electron chi connectivity index (χ2n) is 10.2. The highest BCUT2D eigenvalue weighted by Gasteiger charge is 2.57. The third kappa shape index (κ3) is 6.79. The zero-order valence-electron chi connectivity index (χ0n) is 23.1. The first-order valence-electron chi connectivity index (χ1n) is 13.5. The standard InChI is InChI=1S/C28H31F4N5O5S/c1-17-16-41-13-12-37(17)24-14-22(28(10-11-28)43(39,40)21-8-6-20(7-9-21)42-26(31)32)35-25(36-24)18-2-4-19(5-3-18)34-27(38)33-15-23(29)30/h2-9,14,17,23,26,39-40H,10-13,15-16H2,1H3,(H2,33,34,38)/t17-/m0/s1. The molecule has 1 aliphatic heterocycles. The summed E-state index contributed by atoms with van der Waals surface area (Å²) in [6.45, 7) is -0.265. The molecule has 43 heavy (non-hydrogen) atoms. The number of hydrogen-bond acceptors (Lipinski definition) is 8. The number of rotatable bonds is 10. The lowest BCUT2D eigenvalue weighted by molar-refractivity contribution is -0.0498. The maximum absolute atomic E-state index is 12.6. The number of anilines is 2. The van der Waals surface area contributed by atoms with Gasteiger partial charge in [0, 0.05) is 23.9 Å². The number of alkyl halides is 4. The van der Waals surface area contributed by atoms with Crippen molar-refractivity contribution in [2.75, 3.05) is 36.5 Å². The highest BCUT2D eigenvalue weighted by molar-refractivity contribution is 8.25. The molecule has 2 heterocycles. The molecule has 15 heteroatoms. The highest BCUT2D eigenvalue weighted by Crippen LogP contribution is 2.75. The minimum atomic E-state index is -3.50. The molecule has 3 aromatic rings. The third-order valence-corrected chi connectivity index (χ3v) is 9.92. The van der Waals surface area contributed by atoms with Crippen LogP contribution in [0.2, 0.25) is 0 Å². The van der Waals surface area contributed by atoms with Crippen molar-refractivity contribution in [2.45, 2.75) is 48.5 Å². The molecule has 232 valence electrons. The van der Waals surface area contributed by atoms with Crippen molar-refractivity contribution in [3.63, 3.8) is 0 Å². The van der Waals surface area contributed by atoms with Gasteiger partial charge < -0.3 is 25.0 Å². The summed E-state index contributed by atoms with van der Waals surface area (Å²) in [6.07, 6.45) is -1.82. The summed E-state index contributed by atoms with van der Waals surface area (Å²) in [7, 11) is -3.50. The zero-order chi connectivity index (χ0) is 30.8. The first-order chi connectivity index (χ1) is 20.5. The van der Waals surface area contributed by atoms with Crippen LogP contribution >= 0.6 is 10.6 Å². The number of aromatic nitrogens is 2. The second-order valence-corrected chi connectivity index (χ2v) is 12.6. The molecule has 1 atom stereocenters. The summed E-state index contributed by atoms with van der Waals surface area (Å²) in [5.41, 5.74) is 1.36. The topological polar surface area (TPSA) is 129 Å². The number of nitrogens with zero attached hydrogens (tertiary/aromatic N) is 3. The van der Waals surface area contributed by atoms with E-state index in [1.165, 1.54) is 24.3 Å². The van der Waals surface area contributed by atoms with Crippen molar-refractivity contribution in [3.8, 4) is 17.1 Å². The number of carbonyl (C=O) groups is 1. The summed E-state index contributed by atoms with van der Waals surface area (Å²) >= 11 is 0. The Labute approximate surface area is 246 Å². The molecular formula is C28H31F4N5O5S. The predicted octanol–water partition coefficient (Wildman–Crippen LogP) is 6.16. The Kier molecular flexibility index (Phi) is 8.96. The van der Waals surface area contributed by atoms with E-state index in [1.54, 1.807) is 30.3 Å². The van der Waals surface area contributed by atoms with E-state index < -0.39 is 40.9 Å². The quantitative estimate of drug-likeness (QED) is 0.197. The Hall–Kier alpha value is -3.66. The molecular weight excluding hydrogens is 594 g/mol. The van der Waals surface area contributed by atoms with Gasteiger partial charge in [0.15, 0.2) is 5.82 Å². The van der Waals surface area contributed by atoms with E-state index in [0.717, 1.165) is 0 Å². The lowest BCUT2D eigenvalue weighted by Crippen LogP contribution is -2.44. The molecule has 1 aliphatic carbocycles. The second kappa shape index (κ2) is 12.5. The van der Waals surface area contributed by atoms with Crippen LogP contribution in [0.4, 0.5) is 33.9 Å². The van der Waals surface area contributed by atoms with E-state index in [1.807, 2.05) is 6.92 Å². The minimum Gasteiger partial charge on any atom is -0.435 e. The molecule has 0 unspecified atom stereocenters. The Morgan fingerprint density at radius 3 is 2.42 bits per heavy atom. The fourth-order valence-electron chi connectivity index (χ4n) is 4.90. The van der Waals surface area contributed by atoms with Gasteiger partial charge in [-0.1, -0.05) is 0 Å². The maximum Gasteiger partial charge on any atom is 0.387 e. The van der Waals surface area contributed by atoms with Gasteiger partial charge in [-0.3, -0.25) is 9.11 Å². The van der Waals surface area contributed by atoms with E-state index in [-0.39, 0.29) is 16.7 Å². The molecule has 4 N–H and O–H groups in total. The van der Waals surface area contributed by atoms with Crippen molar-refractivity contribution in [1.82, 2.24) is 15.3 Å². The predicted molar refractivity (Wildman–Crippen MR) is 153 cm³/mol. The molecule has 10 nitrogen and oxygen atoms in total. The lowest BCUT2D eigenvalue weighted by Gasteiger charge is -2.41. The number of halogens is 4. The monoisotopic (exact) mass is 625 g/mol. The van der Waals surface area contributed by atoms with Gasteiger partial charge in [0.1, 0.15) is 16.3 Å². The van der Waals surface area contributed by atoms with Crippen molar-refractivity contribution >= 4 is 28.1 Å². The average molecular weight is 626 g/mol. The summed E-state index contributed by atoms with van der Waals surface area (Å²) in [5.74, 6) is 0.782. The normalized spacial score (nSPS) is 18.4. The van der Waals surface area contributed by atoms with Gasteiger partial charge in [-0.25, -0.2) is 23.5 Å². The van der Waals surface area contributed by atoms with Crippen LogP contribution in [0.1, 0.15) is 25.5 Å². The van der Waals surface area contributed by atoms with Crippen molar-refractivity contribution in [2.24, 2.45) is 0 Å². The summed E-state index contributed by atoms with van der Waals surface area (Å²) in [5, 5.41) is 4.55. The molecule has 2 aliphatic rings. The molecule has 2 amide bonds. The average Bonchev–Trinajstić information content (AvgIpc) is 3.80. The van der Waals surface area contributed by atoms with Gasteiger partial charge in [-0.05, 0) is 68.3 Å². The van der Waals surface area contributed by atoms with Crippen LogP contribution in [0.3, 0.4) is 0 Å². The van der Waals surface area contributed by atoms with Gasteiger partial charge in [-0.15, -0.1) is 0 Å². The van der Waals surface area contributed by atoms with Crippen LogP contribution in [0.15, 0.2) is 59.5 Å². The molecule has 0 radical (unpaired) electrons. The van der Waals surface area contributed by atoms with E-state index in [2.05, 4.69) is 20.3 Å². The number of ether oxygens (including phenoxy) is 2. The van der Waals surface area contributed by atoms with Crippen LogP contribution in [-0.4, -0.2) is 70.5 Å². The largest absolute Gasteiger partial charge is 0.435 e. The minimum absolute atomic E-state index is 0.0134. The molecule has 1 saturated heterocycles. The van der Waals surface area contributed by atoms with Crippen molar-refractivity contribution in [1.29, 1.82) is 0 Å². The zero-order valence-corrected chi connectivity index (χ0v) is 23.9. The summed E-state index contributed by atoms with van der Waals surface area (Å²) < 4.78 is 82.0. The van der Waals surface area contributed by atoms with Gasteiger partial charge >= 0.3 is 12.6 Å². The molecule has 2 aromatic carbocycles. The van der Waals surface area contributed by atoms with Gasteiger partial charge in [-0.2, -0.15) is 19.4 Å². The van der Waals surface area contributed by atoms with Gasteiger partial charge in [0.2, 0.25) is 0 Å². The number of benzene rings is 2. The van der Waals surface area contributed by atoms with Crippen LogP contribution in [0.25, 0.3) is 11.4 Å². The van der Waals surface area contributed by atoms with Crippen molar-refractivity contribution in [3.05, 3.63) is 60.3 Å². The molecule has 0 spiro atoms. The Bertz CT molecular complexity index is 1430. The molecule has 1 saturated carbocycles. The van der Waals surface area contributed by atoms with Crippen LogP contribution in [-0.2, 0) is 9.48 Å². The summed E-state index contributed by atoms with van der Waals surface area (Å²) in [6, 6.07) is 12.7. The van der Waals surface area contributed by atoms with E-state index in [9.17, 15) is 31.5 Å². The number of nitrogens with one attached hydrogen (secondary N) is 2.